The highest BCUT2D eigenvalue weighted by Crippen LogP contribution is 2.22. The number of hydrogen-bond donors (Lipinski definition) is 2. The van der Waals surface area contributed by atoms with Gasteiger partial charge < -0.3 is 0 Å². The monoisotopic (exact) mass is 470 g/mol. The van der Waals surface area contributed by atoms with E-state index < -0.39 is 15.9 Å². The van der Waals surface area contributed by atoms with Crippen molar-refractivity contribution in [3.05, 3.63) is 65.5 Å². The number of aryl methyl sites for hydroxylation is 2. The molecular formula is C21H22N6O3S2. The number of rotatable bonds is 8. The average Bonchev–Trinajstić information content (AvgIpc) is 3.35. The van der Waals surface area contributed by atoms with Crippen LogP contribution >= 0.6 is 11.3 Å². The third kappa shape index (κ3) is 4.78. The van der Waals surface area contributed by atoms with Gasteiger partial charge in [0.1, 0.15) is 6.33 Å². The van der Waals surface area contributed by atoms with Crippen LogP contribution in [0.4, 0.5) is 10.8 Å². The Hall–Kier alpha value is -3.31. The van der Waals surface area contributed by atoms with Gasteiger partial charge in [0, 0.05) is 11.3 Å². The van der Waals surface area contributed by atoms with Crippen LogP contribution in [0.5, 0.6) is 0 Å². The van der Waals surface area contributed by atoms with E-state index >= 15 is 0 Å². The summed E-state index contributed by atoms with van der Waals surface area (Å²) < 4.78 is 29.9. The van der Waals surface area contributed by atoms with E-state index in [4.69, 9.17) is 0 Å². The molecule has 0 aliphatic rings. The molecule has 2 aromatic heterocycles. The van der Waals surface area contributed by atoms with Gasteiger partial charge in [0.2, 0.25) is 10.1 Å². The van der Waals surface area contributed by atoms with Gasteiger partial charge in [-0.2, -0.15) is 4.52 Å². The number of aromatic nitrogens is 4. The maximum Gasteiger partial charge on any atom is 0.261 e. The first-order chi connectivity index (χ1) is 15.4. The minimum absolute atomic E-state index is 0.00134. The molecule has 0 saturated carbocycles. The first kappa shape index (κ1) is 21.9. The number of sulfonamides is 1. The molecule has 166 valence electrons. The molecule has 1 amide bonds. The highest BCUT2D eigenvalue weighted by atomic mass is 32.2. The van der Waals surface area contributed by atoms with Crippen LogP contribution in [0.15, 0.2) is 53.7 Å². The fourth-order valence-corrected chi connectivity index (χ4v) is 4.92. The van der Waals surface area contributed by atoms with Crippen LogP contribution in [0, 0.1) is 6.92 Å². The Balaban J connectivity index is 1.52. The Morgan fingerprint density at radius 2 is 1.94 bits per heavy atom. The molecule has 0 bridgehead atoms. The highest BCUT2D eigenvalue weighted by molar-refractivity contribution is 7.92. The van der Waals surface area contributed by atoms with Crippen LogP contribution in [-0.4, -0.2) is 34.1 Å². The fourth-order valence-electron chi connectivity index (χ4n) is 3.12. The molecule has 0 atom stereocenters. The number of benzene rings is 2. The van der Waals surface area contributed by atoms with E-state index in [0.717, 1.165) is 24.8 Å². The number of carbonyl (C=O) groups excluding carboxylic acids is 1. The second-order valence-electron chi connectivity index (χ2n) is 7.30. The van der Waals surface area contributed by atoms with Crippen LogP contribution in [0.2, 0.25) is 0 Å². The lowest BCUT2D eigenvalue weighted by Gasteiger charge is -2.11. The standard InChI is InChI=1S/C21H22N6O3S2/c1-3-4-5-15-7-9-16(10-8-15)26-32(29,30)17-11-6-14(2)18(12-17)19(28)23-20-25-27-13-22-24-21(27)31-20/h6-13,26H,3-5H2,1-2H3,(H,23,25,28). The molecule has 9 nitrogen and oxygen atoms in total. The minimum atomic E-state index is -3.87. The van der Waals surface area contributed by atoms with Crippen LogP contribution in [-0.2, 0) is 16.4 Å². The molecule has 0 unspecified atom stereocenters. The summed E-state index contributed by atoms with van der Waals surface area (Å²) in [5, 5.41) is 14.8. The van der Waals surface area contributed by atoms with E-state index in [1.807, 2.05) is 12.1 Å². The van der Waals surface area contributed by atoms with E-state index in [0.29, 0.717) is 21.3 Å². The average molecular weight is 471 g/mol. The molecule has 4 aromatic rings. The topological polar surface area (TPSA) is 118 Å². The van der Waals surface area contributed by atoms with Crippen molar-refractivity contribution in [2.24, 2.45) is 0 Å². The summed E-state index contributed by atoms with van der Waals surface area (Å²) in [5.74, 6) is -0.454. The summed E-state index contributed by atoms with van der Waals surface area (Å²) >= 11 is 1.17. The molecule has 0 aliphatic heterocycles. The third-order valence-electron chi connectivity index (χ3n) is 4.90. The smallest absolute Gasteiger partial charge is 0.261 e. The normalized spacial score (nSPS) is 11.6. The zero-order valence-electron chi connectivity index (χ0n) is 17.6. The first-order valence-electron chi connectivity index (χ1n) is 10.1. The van der Waals surface area contributed by atoms with Crippen molar-refractivity contribution in [2.45, 2.75) is 38.0 Å². The van der Waals surface area contributed by atoms with Gasteiger partial charge >= 0.3 is 0 Å². The first-order valence-corrected chi connectivity index (χ1v) is 12.4. The molecule has 4 rings (SSSR count). The highest BCUT2D eigenvalue weighted by Gasteiger charge is 2.19. The largest absolute Gasteiger partial charge is 0.296 e. The maximum absolute atomic E-state index is 12.9. The Morgan fingerprint density at radius 3 is 2.66 bits per heavy atom. The second-order valence-corrected chi connectivity index (χ2v) is 9.94. The molecule has 32 heavy (non-hydrogen) atoms. The minimum Gasteiger partial charge on any atom is -0.296 e. The van der Waals surface area contributed by atoms with Gasteiger partial charge in [0.15, 0.2) is 0 Å². The summed E-state index contributed by atoms with van der Waals surface area (Å²) in [6, 6.07) is 11.8. The van der Waals surface area contributed by atoms with Crippen molar-refractivity contribution in [2.75, 3.05) is 10.0 Å². The Morgan fingerprint density at radius 1 is 1.16 bits per heavy atom. The van der Waals surface area contributed by atoms with E-state index in [1.54, 1.807) is 25.1 Å². The lowest BCUT2D eigenvalue weighted by atomic mass is 10.1. The molecule has 0 aliphatic carbocycles. The van der Waals surface area contributed by atoms with Crippen molar-refractivity contribution < 1.29 is 13.2 Å². The molecule has 0 saturated heterocycles. The van der Waals surface area contributed by atoms with Crippen LogP contribution < -0.4 is 10.0 Å². The number of fused-ring (bicyclic) bond motifs is 1. The van der Waals surface area contributed by atoms with Gasteiger partial charge in [0.05, 0.1) is 4.90 Å². The zero-order valence-corrected chi connectivity index (χ0v) is 19.2. The summed E-state index contributed by atoms with van der Waals surface area (Å²) in [6.45, 7) is 3.87. The van der Waals surface area contributed by atoms with Gasteiger partial charge in [-0.15, -0.1) is 15.3 Å². The predicted octanol–water partition coefficient (Wildman–Crippen LogP) is 3.89. The molecular weight excluding hydrogens is 448 g/mol. The van der Waals surface area contributed by atoms with Crippen molar-refractivity contribution in [3.8, 4) is 0 Å². The number of nitrogens with one attached hydrogen (secondary N) is 2. The van der Waals surface area contributed by atoms with Gasteiger partial charge in [-0.25, -0.2) is 8.42 Å². The van der Waals surface area contributed by atoms with Gasteiger partial charge in [-0.3, -0.25) is 14.8 Å². The molecule has 2 heterocycles. The summed E-state index contributed by atoms with van der Waals surface area (Å²) in [4.78, 5) is 13.3. The van der Waals surface area contributed by atoms with Gasteiger partial charge in [-0.1, -0.05) is 42.9 Å². The van der Waals surface area contributed by atoms with Crippen molar-refractivity contribution in [1.29, 1.82) is 0 Å². The summed E-state index contributed by atoms with van der Waals surface area (Å²) in [7, 11) is -3.87. The Kier molecular flexibility index (Phi) is 6.19. The second kappa shape index (κ2) is 9.05. The lowest BCUT2D eigenvalue weighted by Crippen LogP contribution is -2.17. The Labute approximate surface area is 189 Å². The Bertz CT molecular complexity index is 1330. The molecule has 11 heteroatoms. The van der Waals surface area contributed by atoms with Crippen LogP contribution in [0.3, 0.4) is 0 Å². The van der Waals surface area contributed by atoms with Crippen molar-refractivity contribution >= 4 is 43.0 Å². The van der Waals surface area contributed by atoms with E-state index in [-0.39, 0.29) is 10.5 Å². The molecule has 0 fully saturated rings. The summed E-state index contributed by atoms with van der Waals surface area (Å²) in [6.07, 6.45) is 4.58. The van der Waals surface area contributed by atoms with Gasteiger partial charge in [-0.05, 0) is 55.2 Å². The number of nitrogens with zero attached hydrogens (tertiary/aromatic N) is 4. The van der Waals surface area contributed by atoms with E-state index in [2.05, 4.69) is 32.3 Å². The zero-order chi connectivity index (χ0) is 22.7. The van der Waals surface area contributed by atoms with E-state index in [9.17, 15) is 13.2 Å². The number of hydrogen-bond acceptors (Lipinski definition) is 7. The SMILES string of the molecule is CCCCc1ccc(NS(=O)(=O)c2ccc(C)c(C(=O)Nc3nn4cnnc4s3)c2)cc1. The predicted molar refractivity (Wildman–Crippen MR) is 124 cm³/mol. The molecule has 2 aromatic carbocycles. The van der Waals surface area contributed by atoms with Crippen LogP contribution in [0.25, 0.3) is 4.96 Å². The number of carbonyl (C=O) groups is 1. The van der Waals surface area contributed by atoms with Crippen LogP contribution in [0.1, 0.15) is 41.3 Å². The van der Waals surface area contributed by atoms with Gasteiger partial charge in [0.25, 0.3) is 15.9 Å². The third-order valence-corrected chi connectivity index (χ3v) is 7.10. The molecule has 2 N–H and O–H groups in total. The fraction of sp³-hybridized carbons (Fsp3) is 0.238. The maximum atomic E-state index is 12.9. The lowest BCUT2D eigenvalue weighted by molar-refractivity contribution is 0.102. The number of amides is 1. The van der Waals surface area contributed by atoms with Crippen molar-refractivity contribution in [3.63, 3.8) is 0 Å². The summed E-state index contributed by atoms with van der Waals surface area (Å²) in [5.41, 5.74) is 2.52. The van der Waals surface area contributed by atoms with E-state index in [1.165, 1.54) is 34.3 Å². The molecule has 0 radical (unpaired) electrons. The molecule has 0 spiro atoms. The quantitative estimate of drug-likeness (QED) is 0.403. The number of anilines is 2. The van der Waals surface area contributed by atoms with Crippen molar-refractivity contribution in [1.82, 2.24) is 19.8 Å². The number of unbranched alkanes of at least 4 members (excludes halogenated alkanes) is 1.